The van der Waals surface area contributed by atoms with Crippen LogP contribution < -0.4 is 15.0 Å². The lowest BCUT2D eigenvalue weighted by Gasteiger charge is -2.20. The molecule has 1 N–H and O–H groups in total. The summed E-state index contributed by atoms with van der Waals surface area (Å²) in [5.41, 5.74) is 1.12. The van der Waals surface area contributed by atoms with Gasteiger partial charge in [0.15, 0.2) is 0 Å². The van der Waals surface area contributed by atoms with E-state index in [2.05, 4.69) is 17.3 Å². The molecule has 0 atom stereocenters. The number of anilines is 1. The van der Waals surface area contributed by atoms with Gasteiger partial charge in [-0.1, -0.05) is 11.6 Å². The van der Waals surface area contributed by atoms with E-state index in [9.17, 15) is 0 Å². The summed E-state index contributed by atoms with van der Waals surface area (Å²) in [5.74, 6) is 0.751. The molecule has 1 aromatic rings. The van der Waals surface area contributed by atoms with Gasteiger partial charge in [0.05, 0.1) is 11.6 Å². The number of nitrogens with one attached hydrogen (secondary N) is 1. The summed E-state index contributed by atoms with van der Waals surface area (Å²) in [4.78, 5) is 2.19. The van der Waals surface area contributed by atoms with E-state index in [4.69, 9.17) is 16.3 Å². The molecule has 0 unspecified atom stereocenters. The van der Waals surface area contributed by atoms with Gasteiger partial charge in [0.1, 0.15) is 5.75 Å². The van der Waals surface area contributed by atoms with E-state index in [1.165, 1.54) is 0 Å². The van der Waals surface area contributed by atoms with Crippen LogP contribution in [0.3, 0.4) is 0 Å². The first kappa shape index (κ1) is 14.1. The molecule has 0 aliphatic rings. The van der Waals surface area contributed by atoms with Crippen molar-refractivity contribution in [3.63, 3.8) is 0 Å². The van der Waals surface area contributed by atoms with E-state index < -0.39 is 0 Å². The highest BCUT2D eigenvalue weighted by Gasteiger charge is 2.05. The molecule has 4 heteroatoms. The molecule has 17 heavy (non-hydrogen) atoms. The highest BCUT2D eigenvalue weighted by atomic mass is 35.5. The summed E-state index contributed by atoms with van der Waals surface area (Å²) < 4.78 is 5.41. The Balaban J connectivity index is 2.62. The van der Waals surface area contributed by atoms with Gasteiger partial charge in [0, 0.05) is 19.3 Å². The van der Waals surface area contributed by atoms with Crippen molar-refractivity contribution in [1.82, 2.24) is 5.32 Å². The molecule has 0 fully saturated rings. The van der Waals surface area contributed by atoms with E-state index in [1.54, 1.807) is 0 Å². The predicted molar refractivity (Wildman–Crippen MR) is 74.4 cm³/mol. The minimum absolute atomic E-state index is 0.636. The minimum Gasteiger partial charge on any atom is -0.492 e. The van der Waals surface area contributed by atoms with Crippen LogP contribution >= 0.6 is 11.6 Å². The van der Waals surface area contributed by atoms with Gasteiger partial charge in [0.2, 0.25) is 0 Å². The van der Waals surface area contributed by atoms with Crippen molar-refractivity contribution in [2.75, 3.05) is 38.7 Å². The lowest BCUT2D eigenvalue weighted by Crippen LogP contribution is -2.22. The SMILES string of the molecule is CCOc1ccc(N(C)CCCNC)cc1Cl. The molecule has 1 aromatic carbocycles. The molecule has 0 aliphatic heterocycles. The van der Waals surface area contributed by atoms with E-state index in [0.29, 0.717) is 11.6 Å². The Morgan fingerprint density at radius 2 is 2.18 bits per heavy atom. The normalized spacial score (nSPS) is 10.4. The van der Waals surface area contributed by atoms with E-state index >= 15 is 0 Å². The molecule has 96 valence electrons. The maximum absolute atomic E-state index is 6.15. The van der Waals surface area contributed by atoms with Gasteiger partial charge < -0.3 is 15.0 Å². The van der Waals surface area contributed by atoms with Crippen LogP contribution in [0, 0.1) is 0 Å². The summed E-state index contributed by atoms with van der Waals surface area (Å²) in [7, 11) is 4.04. The zero-order valence-electron chi connectivity index (χ0n) is 10.8. The van der Waals surface area contributed by atoms with Crippen molar-refractivity contribution < 1.29 is 4.74 Å². The topological polar surface area (TPSA) is 24.5 Å². The summed E-state index contributed by atoms with van der Waals surface area (Å²) in [6.45, 7) is 4.62. The smallest absolute Gasteiger partial charge is 0.138 e. The van der Waals surface area contributed by atoms with Crippen LogP contribution in [0.25, 0.3) is 0 Å². The van der Waals surface area contributed by atoms with Crippen LogP contribution in [0.2, 0.25) is 5.02 Å². The molecule has 0 bridgehead atoms. The number of halogens is 1. The Morgan fingerprint density at radius 1 is 1.41 bits per heavy atom. The monoisotopic (exact) mass is 256 g/mol. The Bertz CT molecular complexity index is 344. The van der Waals surface area contributed by atoms with Crippen molar-refractivity contribution in [2.45, 2.75) is 13.3 Å². The van der Waals surface area contributed by atoms with Crippen molar-refractivity contribution in [1.29, 1.82) is 0 Å². The van der Waals surface area contributed by atoms with Crippen LogP contribution in [-0.4, -0.2) is 33.8 Å². The number of hydrogen-bond donors (Lipinski definition) is 1. The van der Waals surface area contributed by atoms with Crippen LogP contribution in [0.15, 0.2) is 18.2 Å². The molecular formula is C13H21ClN2O. The van der Waals surface area contributed by atoms with Crippen LogP contribution in [0.4, 0.5) is 5.69 Å². The number of rotatable bonds is 7. The largest absolute Gasteiger partial charge is 0.492 e. The molecule has 0 amide bonds. The summed E-state index contributed by atoms with van der Waals surface area (Å²) in [5, 5.41) is 3.81. The second kappa shape index (κ2) is 7.41. The Labute approximate surface area is 109 Å². The van der Waals surface area contributed by atoms with Crippen molar-refractivity contribution in [3.05, 3.63) is 23.2 Å². The molecule has 0 aromatic heterocycles. The third kappa shape index (κ3) is 4.44. The van der Waals surface area contributed by atoms with Gasteiger partial charge >= 0.3 is 0 Å². The lowest BCUT2D eigenvalue weighted by atomic mass is 10.2. The lowest BCUT2D eigenvalue weighted by molar-refractivity contribution is 0.340. The third-order valence-corrected chi connectivity index (χ3v) is 2.87. The van der Waals surface area contributed by atoms with E-state index in [1.807, 2.05) is 32.2 Å². The molecule has 3 nitrogen and oxygen atoms in total. The number of benzene rings is 1. The molecular weight excluding hydrogens is 236 g/mol. The number of nitrogens with zero attached hydrogens (tertiary/aromatic N) is 1. The number of ether oxygens (including phenoxy) is 1. The zero-order chi connectivity index (χ0) is 12.7. The first-order valence-corrected chi connectivity index (χ1v) is 6.35. The van der Waals surface area contributed by atoms with E-state index in [-0.39, 0.29) is 0 Å². The zero-order valence-corrected chi connectivity index (χ0v) is 11.5. The fourth-order valence-corrected chi connectivity index (χ4v) is 1.85. The van der Waals surface area contributed by atoms with Crippen LogP contribution in [-0.2, 0) is 0 Å². The van der Waals surface area contributed by atoms with Gasteiger partial charge in [0.25, 0.3) is 0 Å². The molecule has 1 rings (SSSR count). The fourth-order valence-electron chi connectivity index (χ4n) is 1.62. The van der Waals surface area contributed by atoms with Gasteiger partial charge in [-0.05, 0) is 45.1 Å². The summed E-state index contributed by atoms with van der Waals surface area (Å²) in [6.07, 6.45) is 1.11. The fraction of sp³-hybridized carbons (Fsp3) is 0.538. The first-order chi connectivity index (χ1) is 8.19. The first-order valence-electron chi connectivity index (χ1n) is 5.97. The van der Waals surface area contributed by atoms with Gasteiger partial charge in [-0.3, -0.25) is 0 Å². The van der Waals surface area contributed by atoms with E-state index in [0.717, 1.165) is 30.9 Å². The maximum atomic E-state index is 6.15. The molecule has 0 saturated heterocycles. The quantitative estimate of drug-likeness (QED) is 0.760. The Hall–Kier alpha value is -0.930. The average Bonchev–Trinajstić information content (AvgIpc) is 2.32. The average molecular weight is 257 g/mol. The number of hydrogen-bond acceptors (Lipinski definition) is 3. The minimum atomic E-state index is 0.636. The maximum Gasteiger partial charge on any atom is 0.138 e. The second-order valence-corrected chi connectivity index (χ2v) is 4.33. The summed E-state index contributed by atoms with van der Waals surface area (Å²) in [6, 6.07) is 5.91. The van der Waals surface area contributed by atoms with Crippen molar-refractivity contribution in [2.24, 2.45) is 0 Å². The summed E-state index contributed by atoms with van der Waals surface area (Å²) >= 11 is 6.15. The molecule has 0 spiro atoms. The van der Waals surface area contributed by atoms with Crippen LogP contribution in [0.1, 0.15) is 13.3 Å². The third-order valence-electron chi connectivity index (χ3n) is 2.58. The molecule has 0 aliphatic carbocycles. The second-order valence-electron chi connectivity index (χ2n) is 3.93. The molecule has 0 heterocycles. The molecule has 0 saturated carbocycles. The van der Waals surface area contributed by atoms with Gasteiger partial charge in [-0.2, -0.15) is 0 Å². The Morgan fingerprint density at radius 3 is 2.76 bits per heavy atom. The van der Waals surface area contributed by atoms with Gasteiger partial charge in [-0.25, -0.2) is 0 Å². The highest BCUT2D eigenvalue weighted by molar-refractivity contribution is 6.32. The van der Waals surface area contributed by atoms with Crippen molar-refractivity contribution >= 4 is 17.3 Å². The highest BCUT2D eigenvalue weighted by Crippen LogP contribution is 2.29. The van der Waals surface area contributed by atoms with Gasteiger partial charge in [-0.15, -0.1) is 0 Å². The Kier molecular flexibility index (Phi) is 6.16. The van der Waals surface area contributed by atoms with Crippen molar-refractivity contribution in [3.8, 4) is 5.75 Å². The standard InChI is InChI=1S/C13H21ClN2O/c1-4-17-13-7-6-11(10-12(13)14)16(3)9-5-8-15-2/h6-7,10,15H,4-5,8-9H2,1-3H3. The predicted octanol–water partition coefficient (Wildman–Crippen LogP) is 2.78. The van der Waals surface area contributed by atoms with Crippen LogP contribution in [0.5, 0.6) is 5.75 Å². The molecule has 0 radical (unpaired) electrons.